The fourth-order valence-electron chi connectivity index (χ4n) is 1.29. The van der Waals surface area contributed by atoms with Crippen molar-refractivity contribution in [3.63, 3.8) is 0 Å². The van der Waals surface area contributed by atoms with Gasteiger partial charge in [-0.3, -0.25) is 10.1 Å². The van der Waals surface area contributed by atoms with Crippen molar-refractivity contribution in [2.45, 2.75) is 0 Å². The molecule has 2 rings (SSSR count). The van der Waals surface area contributed by atoms with E-state index in [-0.39, 0.29) is 11.4 Å². The van der Waals surface area contributed by atoms with Crippen molar-refractivity contribution in [1.29, 1.82) is 0 Å². The monoisotopic (exact) mass is 259 g/mol. The number of ether oxygens (including phenoxy) is 1. The molecule has 0 aliphatic carbocycles. The molecule has 0 unspecified atom stereocenters. The van der Waals surface area contributed by atoms with Gasteiger partial charge >= 0.3 is 6.09 Å². The highest BCUT2D eigenvalue weighted by molar-refractivity contribution is 5.85. The van der Waals surface area contributed by atoms with Crippen LogP contribution in [-0.4, -0.2) is 22.3 Å². The van der Waals surface area contributed by atoms with E-state index in [1.165, 1.54) is 43.0 Å². The topological polar surface area (TPSA) is 85.0 Å². The van der Waals surface area contributed by atoms with Crippen LogP contribution in [0.4, 0.5) is 10.5 Å². The molecule has 0 atom stereocenters. The Hall–Kier alpha value is -2.96. The lowest BCUT2D eigenvalue weighted by molar-refractivity contribution is -0.384. The van der Waals surface area contributed by atoms with E-state index in [4.69, 9.17) is 4.74 Å². The Kier molecular flexibility index (Phi) is 3.67. The van der Waals surface area contributed by atoms with Crippen LogP contribution in [0.25, 0.3) is 0 Å². The largest absolute Gasteiger partial charge is 0.424 e. The van der Waals surface area contributed by atoms with Crippen molar-refractivity contribution in [1.82, 2.24) is 4.90 Å². The Balaban J connectivity index is 2.04. The third kappa shape index (κ3) is 3.25. The maximum atomic E-state index is 11.7. The second-order valence-corrected chi connectivity index (χ2v) is 3.47. The van der Waals surface area contributed by atoms with Gasteiger partial charge in [0.2, 0.25) is 0 Å². The molecule has 1 heterocycles. The third-order valence-electron chi connectivity index (χ3n) is 2.18. The maximum Gasteiger partial charge on any atom is 0.424 e. The summed E-state index contributed by atoms with van der Waals surface area (Å²) in [6, 6.07) is 5.23. The van der Waals surface area contributed by atoms with Crippen molar-refractivity contribution < 1.29 is 14.5 Å². The van der Waals surface area contributed by atoms with E-state index < -0.39 is 11.0 Å². The summed E-state index contributed by atoms with van der Waals surface area (Å²) in [6.45, 7) is 0. The lowest BCUT2D eigenvalue weighted by atomic mass is 10.3. The predicted molar refractivity (Wildman–Crippen MR) is 67.7 cm³/mol. The SMILES string of the molecule is O=C(Oc1ccc([N+](=O)[O-])cc1)N1C=CC=CN=C1. The molecule has 0 N–H and O–H groups in total. The summed E-state index contributed by atoms with van der Waals surface area (Å²) in [5.74, 6) is 0.217. The number of hydrogen-bond donors (Lipinski definition) is 0. The van der Waals surface area contributed by atoms with E-state index in [1.54, 1.807) is 12.2 Å². The summed E-state index contributed by atoms with van der Waals surface area (Å²) in [4.78, 5) is 26.7. The fraction of sp³-hybridized carbons (Fsp3) is 0. The summed E-state index contributed by atoms with van der Waals surface area (Å²) in [5.41, 5.74) is -0.0692. The zero-order chi connectivity index (χ0) is 13.7. The molecule has 0 radical (unpaired) electrons. The van der Waals surface area contributed by atoms with Gasteiger partial charge in [-0.05, 0) is 24.3 Å². The lowest BCUT2D eigenvalue weighted by Crippen LogP contribution is -2.27. The number of amides is 1. The number of hydrogen-bond acceptors (Lipinski definition) is 5. The number of non-ortho nitro benzene ring substituents is 1. The second kappa shape index (κ2) is 5.58. The number of aliphatic imine (C=N–C) groups is 1. The van der Waals surface area contributed by atoms with Gasteiger partial charge < -0.3 is 4.74 Å². The van der Waals surface area contributed by atoms with Gasteiger partial charge in [-0.25, -0.2) is 14.7 Å². The lowest BCUT2D eigenvalue weighted by Gasteiger charge is -2.11. The molecule has 0 bridgehead atoms. The number of nitrogens with zero attached hydrogens (tertiary/aromatic N) is 3. The first-order valence-electron chi connectivity index (χ1n) is 5.28. The van der Waals surface area contributed by atoms with Crippen molar-refractivity contribution in [3.05, 3.63) is 58.9 Å². The van der Waals surface area contributed by atoms with E-state index >= 15 is 0 Å². The summed E-state index contributed by atoms with van der Waals surface area (Å²) >= 11 is 0. The van der Waals surface area contributed by atoms with Crippen LogP contribution in [0.15, 0.2) is 53.8 Å². The number of allylic oxidation sites excluding steroid dienone is 2. The molecule has 0 saturated heterocycles. The molecule has 7 heteroatoms. The average Bonchev–Trinajstić information content (AvgIpc) is 2.68. The summed E-state index contributed by atoms with van der Waals surface area (Å²) in [6.07, 6.45) is 6.95. The van der Waals surface area contributed by atoms with Crippen LogP contribution in [-0.2, 0) is 0 Å². The van der Waals surface area contributed by atoms with Gasteiger partial charge in [0, 0.05) is 24.5 Å². The zero-order valence-corrected chi connectivity index (χ0v) is 9.67. The molecule has 1 aliphatic heterocycles. The Morgan fingerprint density at radius 3 is 2.68 bits per heavy atom. The van der Waals surface area contributed by atoms with Crippen molar-refractivity contribution in [2.75, 3.05) is 0 Å². The molecule has 96 valence electrons. The number of carbonyl (C=O) groups excluding carboxylic acids is 1. The number of benzene rings is 1. The quantitative estimate of drug-likeness (QED) is 0.603. The molecule has 0 aromatic heterocycles. The minimum atomic E-state index is -0.655. The van der Waals surface area contributed by atoms with Crippen LogP contribution in [0.1, 0.15) is 0 Å². The van der Waals surface area contributed by atoms with Crippen LogP contribution in [0.5, 0.6) is 5.75 Å². The van der Waals surface area contributed by atoms with E-state index in [0.717, 1.165) is 4.90 Å². The van der Waals surface area contributed by atoms with Crippen LogP contribution < -0.4 is 4.74 Å². The molecular weight excluding hydrogens is 250 g/mol. The molecule has 7 nitrogen and oxygen atoms in total. The first kappa shape index (κ1) is 12.5. The van der Waals surface area contributed by atoms with Crippen LogP contribution in [0, 0.1) is 10.1 Å². The molecule has 1 aromatic rings. The molecule has 19 heavy (non-hydrogen) atoms. The Labute approximate surface area is 108 Å². The Morgan fingerprint density at radius 1 is 1.26 bits per heavy atom. The van der Waals surface area contributed by atoms with Gasteiger partial charge in [-0.15, -0.1) is 0 Å². The van der Waals surface area contributed by atoms with Crippen LogP contribution in [0.3, 0.4) is 0 Å². The minimum Gasteiger partial charge on any atom is -0.410 e. The molecule has 0 spiro atoms. The average molecular weight is 259 g/mol. The third-order valence-corrected chi connectivity index (χ3v) is 2.18. The number of nitro groups is 1. The Morgan fingerprint density at radius 2 is 2.00 bits per heavy atom. The highest BCUT2D eigenvalue weighted by Crippen LogP contribution is 2.18. The summed E-state index contributed by atoms with van der Waals surface area (Å²) < 4.78 is 5.04. The number of carbonyl (C=O) groups is 1. The van der Waals surface area contributed by atoms with Crippen LogP contribution >= 0.6 is 0 Å². The summed E-state index contributed by atoms with van der Waals surface area (Å²) in [5, 5.41) is 10.5. The first-order valence-corrected chi connectivity index (χ1v) is 5.28. The summed E-state index contributed by atoms with van der Waals surface area (Å²) in [7, 11) is 0. The van der Waals surface area contributed by atoms with E-state index in [9.17, 15) is 14.9 Å². The first-order chi connectivity index (χ1) is 9.16. The second-order valence-electron chi connectivity index (χ2n) is 3.47. The fourth-order valence-corrected chi connectivity index (χ4v) is 1.29. The van der Waals surface area contributed by atoms with E-state index in [1.807, 2.05) is 0 Å². The zero-order valence-electron chi connectivity index (χ0n) is 9.67. The van der Waals surface area contributed by atoms with Gasteiger partial charge in [-0.1, -0.05) is 0 Å². The number of nitro benzene ring substituents is 1. The van der Waals surface area contributed by atoms with Gasteiger partial charge in [-0.2, -0.15) is 0 Å². The molecular formula is C12H9N3O4. The Bertz CT molecular complexity index is 559. The van der Waals surface area contributed by atoms with Gasteiger partial charge in [0.1, 0.15) is 12.1 Å². The minimum absolute atomic E-state index is 0.0692. The normalized spacial score (nSPS) is 13.2. The molecule has 1 aromatic carbocycles. The van der Waals surface area contributed by atoms with E-state index in [0.29, 0.717) is 0 Å². The van der Waals surface area contributed by atoms with E-state index in [2.05, 4.69) is 4.99 Å². The van der Waals surface area contributed by atoms with Gasteiger partial charge in [0.15, 0.2) is 0 Å². The van der Waals surface area contributed by atoms with Crippen LogP contribution in [0.2, 0.25) is 0 Å². The highest BCUT2D eigenvalue weighted by atomic mass is 16.6. The molecule has 0 fully saturated rings. The van der Waals surface area contributed by atoms with Crippen molar-refractivity contribution in [3.8, 4) is 5.75 Å². The van der Waals surface area contributed by atoms with Crippen molar-refractivity contribution >= 4 is 18.1 Å². The smallest absolute Gasteiger partial charge is 0.410 e. The standard InChI is InChI=1S/C12H9N3O4/c16-12(14-8-2-1-7-13-9-14)19-11-5-3-10(4-6-11)15(17)18/h1-9H. The number of rotatable bonds is 2. The van der Waals surface area contributed by atoms with Gasteiger partial charge in [0.05, 0.1) is 4.92 Å². The molecule has 1 aliphatic rings. The maximum absolute atomic E-state index is 11.7. The molecule has 0 saturated carbocycles. The molecule has 1 amide bonds. The highest BCUT2D eigenvalue weighted by Gasteiger charge is 2.12. The predicted octanol–water partition coefficient (Wildman–Crippen LogP) is 2.46. The van der Waals surface area contributed by atoms with Gasteiger partial charge in [0.25, 0.3) is 5.69 Å². The van der Waals surface area contributed by atoms with Crippen molar-refractivity contribution in [2.24, 2.45) is 4.99 Å².